The minimum Gasteiger partial charge on any atom is -0.481 e. The Bertz CT molecular complexity index is 1610. The average Bonchev–Trinajstić information content (AvgIpc) is 3.53. The molecule has 0 unspecified atom stereocenters. The minimum absolute atomic E-state index is 0.00302. The topological polar surface area (TPSA) is 53.5 Å². The molecule has 0 radical (unpaired) electrons. The molecule has 2 aliphatic rings. The van der Waals surface area contributed by atoms with Crippen molar-refractivity contribution in [1.29, 1.82) is 0 Å². The van der Waals surface area contributed by atoms with Crippen molar-refractivity contribution < 1.29 is 14.2 Å². The third-order valence-corrected chi connectivity index (χ3v) is 14.0. The van der Waals surface area contributed by atoms with Crippen molar-refractivity contribution in [2.24, 2.45) is 0 Å². The predicted octanol–water partition coefficient (Wildman–Crippen LogP) is 8.45. The Morgan fingerprint density at radius 3 is 1.56 bits per heavy atom. The van der Waals surface area contributed by atoms with Crippen LogP contribution in [0.4, 0.5) is 0 Å². The number of rotatable bonds is 4. The number of nitrogens with zero attached hydrogens (tertiary/aromatic N) is 2. The number of hydrogen-bond acceptors (Lipinski definition) is 5. The minimum atomic E-state index is -0.798. The predicted molar refractivity (Wildman–Crippen MR) is 171 cm³/mol. The molecule has 7 heteroatoms. The maximum absolute atomic E-state index is 6.80. The van der Waals surface area contributed by atoms with Gasteiger partial charge in [0.25, 0.3) is 0 Å². The van der Waals surface area contributed by atoms with Crippen LogP contribution in [0.3, 0.4) is 0 Å². The third-order valence-electron chi connectivity index (χ3n) is 7.53. The van der Waals surface area contributed by atoms with E-state index in [1.54, 1.807) is 7.11 Å². The molecule has 0 spiro atoms. The SMILES string of the molecule is COc1cccc([C@@H]2Oc3cccc(-c4cccc5c4[P@](C(C)(C)C)[C@H](c4cccc(C)n4)O5)c3[P@@]2C(C)(C)C)n1. The van der Waals surface area contributed by atoms with Crippen LogP contribution in [0.1, 0.15) is 70.3 Å². The zero-order valence-electron chi connectivity index (χ0n) is 25.1. The zero-order valence-corrected chi connectivity index (χ0v) is 26.9. The number of fused-ring (bicyclic) bond motifs is 2. The molecule has 2 aliphatic heterocycles. The fourth-order valence-corrected chi connectivity index (χ4v) is 12.0. The smallest absolute Gasteiger partial charge is 0.213 e. The number of aromatic nitrogens is 2. The van der Waals surface area contributed by atoms with E-state index in [-0.39, 0.29) is 22.0 Å². The first-order valence-corrected chi connectivity index (χ1v) is 16.9. The van der Waals surface area contributed by atoms with Gasteiger partial charge in [-0.15, -0.1) is 0 Å². The standard InChI is InChI=1S/C34H38N2O3P2/c1-21-13-9-16-24(35-21)31-38-26-18-10-14-22(29(26)40(31)33(2,3)4)23-15-11-19-27-30(23)41(34(5,6)7)32(39-27)25-17-12-20-28(36-25)37-8/h9-20,31-32H,1-8H3/t31-,32-,40+,41-/m1/s1. The normalized spacial score (nSPS) is 21.6. The molecule has 0 N–H and O–H groups in total. The quantitative estimate of drug-likeness (QED) is 0.225. The molecule has 5 nitrogen and oxygen atoms in total. The van der Waals surface area contributed by atoms with E-state index in [1.807, 2.05) is 25.1 Å². The Morgan fingerprint density at radius 1 is 0.634 bits per heavy atom. The molecule has 4 atom stereocenters. The van der Waals surface area contributed by atoms with Gasteiger partial charge in [0, 0.05) is 22.4 Å². The lowest BCUT2D eigenvalue weighted by Crippen LogP contribution is -2.24. The highest BCUT2D eigenvalue weighted by Gasteiger charge is 2.48. The van der Waals surface area contributed by atoms with Crippen molar-refractivity contribution in [1.82, 2.24) is 9.97 Å². The lowest BCUT2D eigenvalue weighted by atomic mass is 10.0. The van der Waals surface area contributed by atoms with Crippen molar-refractivity contribution in [2.75, 3.05) is 7.11 Å². The first kappa shape index (κ1) is 28.1. The molecule has 0 saturated heterocycles. The molecule has 0 aliphatic carbocycles. The van der Waals surface area contributed by atoms with Gasteiger partial charge in [-0.05, 0) is 74.5 Å². The average molecular weight is 585 g/mol. The van der Waals surface area contributed by atoms with Gasteiger partial charge in [-0.2, -0.15) is 0 Å². The first-order valence-electron chi connectivity index (χ1n) is 14.1. The second kappa shape index (κ2) is 10.4. The summed E-state index contributed by atoms with van der Waals surface area (Å²) in [6.45, 7) is 16.0. The summed E-state index contributed by atoms with van der Waals surface area (Å²) in [5.41, 5.74) is 5.42. The molecule has 0 fully saturated rings. The van der Waals surface area contributed by atoms with Gasteiger partial charge in [0.2, 0.25) is 5.88 Å². The molecular formula is C34H38N2O3P2. The molecule has 41 heavy (non-hydrogen) atoms. The lowest BCUT2D eigenvalue weighted by molar-refractivity contribution is 0.292. The van der Waals surface area contributed by atoms with Crippen LogP contribution in [-0.4, -0.2) is 27.4 Å². The summed E-state index contributed by atoms with van der Waals surface area (Å²) in [7, 11) is 0.105. The van der Waals surface area contributed by atoms with Crippen molar-refractivity contribution in [3.63, 3.8) is 0 Å². The summed E-state index contributed by atoms with van der Waals surface area (Å²) in [5.74, 6) is 2.28. The van der Waals surface area contributed by atoms with E-state index < -0.39 is 15.8 Å². The van der Waals surface area contributed by atoms with Gasteiger partial charge in [-0.1, -0.05) is 77.9 Å². The van der Waals surface area contributed by atoms with Gasteiger partial charge in [0.05, 0.1) is 18.5 Å². The Hall–Kier alpha value is -3.00. The monoisotopic (exact) mass is 584 g/mol. The van der Waals surface area contributed by atoms with Crippen molar-refractivity contribution in [2.45, 2.75) is 70.5 Å². The summed E-state index contributed by atoms with van der Waals surface area (Å²) in [6.07, 6.45) is 0. The highest BCUT2D eigenvalue weighted by molar-refractivity contribution is 7.69. The van der Waals surface area contributed by atoms with Crippen LogP contribution in [0, 0.1) is 6.92 Å². The Morgan fingerprint density at radius 2 is 1.10 bits per heavy atom. The molecule has 6 rings (SSSR count). The molecule has 4 aromatic rings. The summed E-state index contributed by atoms with van der Waals surface area (Å²) in [6, 6.07) is 25.3. The van der Waals surface area contributed by atoms with E-state index in [9.17, 15) is 0 Å². The van der Waals surface area contributed by atoms with E-state index >= 15 is 0 Å². The molecule has 2 aromatic heterocycles. The van der Waals surface area contributed by atoms with Gasteiger partial charge in [-0.25, -0.2) is 4.98 Å². The first-order chi connectivity index (χ1) is 19.5. The van der Waals surface area contributed by atoms with Gasteiger partial charge in [0.1, 0.15) is 11.5 Å². The van der Waals surface area contributed by atoms with Crippen LogP contribution in [0.2, 0.25) is 0 Å². The molecule has 0 bridgehead atoms. The molecule has 212 valence electrons. The fourth-order valence-electron chi connectivity index (χ4n) is 5.89. The molecule has 0 saturated carbocycles. The highest BCUT2D eigenvalue weighted by Crippen LogP contribution is 2.68. The second-order valence-corrected chi connectivity index (χ2v) is 18.6. The van der Waals surface area contributed by atoms with Crippen LogP contribution in [0.25, 0.3) is 11.1 Å². The van der Waals surface area contributed by atoms with E-state index in [0.717, 1.165) is 28.6 Å². The van der Waals surface area contributed by atoms with Crippen molar-refractivity contribution in [3.05, 3.63) is 89.9 Å². The van der Waals surface area contributed by atoms with Gasteiger partial charge in [-0.3, -0.25) is 4.98 Å². The molecule has 2 aromatic carbocycles. The fraction of sp³-hybridized carbons (Fsp3) is 0.353. The second-order valence-electron chi connectivity index (χ2n) is 12.6. The number of aryl methyl sites for hydroxylation is 1. The number of hydrogen-bond donors (Lipinski definition) is 0. The van der Waals surface area contributed by atoms with E-state index in [4.69, 9.17) is 24.2 Å². The third kappa shape index (κ3) is 5.02. The summed E-state index contributed by atoms with van der Waals surface area (Å²) < 4.78 is 19.1. The van der Waals surface area contributed by atoms with Crippen LogP contribution in [0.15, 0.2) is 72.8 Å². The van der Waals surface area contributed by atoms with Crippen LogP contribution in [-0.2, 0) is 0 Å². The molecule has 0 amide bonds. The van der Waals surface area contributed by atoms with Gasteiger partial charge >= 0.3 is 0 Å². The Labute approximate surface area is 246 Å². The summed E-state index contributed by atoms with van der Waals surface area (Å²) in [4.78, 5) is 9.74. The highest BCUT2D eigenvalue weighted by atomic mass is 31.1. The van der Waals surface area contributed by atoms with Crippen LogP contribution in [0.5, 0.6) is 17.4 Å². The van der Waals surface area contributed by atoms with Crippen molar-refractivity contribution in [3.8, 4) is 28.5 Å². The Kier molecular flexibility index (Phi) is 7.12. The maximum atomic E-state index is 6.80. The van der Waals surface area contributed by atoms with E-state index in [1.165, 1.54) is 21.7 Å². The van der Waals surface area contributed by atoms with E-state index in [0.29, 0.717) is 5.88 Å². The zero-order chi connectivity index (χ0) is 29.1. The summed E-state index contributed by atoms with van der Waals surface area (Å²) in [5, 5.41) is 2.61. The van der Waals surface area contributed by atoms with Gasteiger partial charge in [0.15, 0.2) is 11.7 Å². The van der Waals surface area contributed by atoms with Crippen LogP contribution < -0.4 is 24.8 Å². The maximum Gasteiger partial charge on any atom is 0.213 e. The Balaban J connectivity index is 1.53. The van der Waals surface area contributed by atoms with Crippen molar-refractivity contribution >= 4 is 26.5 Å². The summed E-state index contributed by atoms with van der Waals surface area (Å²) >= 11 is 0. The van der Waals surface area contributed by atoms with Gasteiger partial charge < -0.3 is 14.2 Å². The lowest BCUT2D eigenvalue weighted by Gasteiger charge is -2.34. The molecule has 4 heterocycles. The number of benzene rings is 2. The van der Waals surface area contributed by atoms with Crippen LogP contribution >= 0.6 is 15.8 Å². The largest absolute Gasteiger partial charge is 0.481 e. The number of ether oxygens (including phenoxy) is 3. The molecular weight excluding hydrogens is 546 g/mol. The number of methoxy groups -OCH3 is 1. The number of pyridine rings is 2. The van der Waals surface area contributed by atoms with E-state index in [2.05, 4.69) is 96.1 Å².